The molecule has 8 atom stereocenters. The molecule has 4 aliphatic carbocycles. The van der Waals surface area contributed by atoms with E-state index in [0.29, 0.717) is 75.9 Å². The van der Waals surface area contributed by atoms with Gasteiger partial charge in [-0.05, 0) is 234 Å². The number of hydrogen-bond acceptors (Lipinski definition) is 25. The summed E-state index contributed by atoms with van der Waals surface area (Å²) >= 11 is 4.84. The lowest BCUT2D eigenvalue weighted by Crippen LogP contribution is -2.42. The standard InChI is InChI=1S/C26H34F3N5O2S.C24H29F3N6OS.C23H29F3N4O2S.C12H19N3O.C11H12F3NO2S.C5H13NO2/c1-17-14-31-24(37-17)21(25(10-11-25)26(27,28)29)13-22(35)30-15-20(34(4)5)12-18-6-8-19(9-7-18)23(36)32-16-33(2)3;1-15-12-29-22(35-15)19(23(8-9-23)24(25,26)27)11-20(34)28-13-18(33(2)3)10-16-4-6-17(7-5-16)21-30-14-31-32-21;1-14-12-29-21(33-14)18(22(8-9-22)23(24,25)26)11-19(31)28-13-17(30(2)3)10-15-4-6-16(7-5-15)20(27)32;1-15(2)11(8-13)7-9-3-5-10(6-4-9)12(14)16;1-6-5-15-9(18-6)7(4-8(16)17)10(2-3-10)11(12,13)14;1-6(2)5(7-3)8-4/h6-9,14,16,20-21H,10-13,15H2,1-5H3,(H,30,35);4-7,12,14,18-19H,8-11,13H2,1-3H3,(H,28,34)(H,30,31,32);4-7,12,17-18H,8-11,13H2,1-3H3,(H2,27,32)(H,28,31);3-6,11H,7-8,13H2,1-2H3,(H2,14,16);5,7H,2-4H2,1H3,(H,16,17);5H,1-4H3/t20-,21+;18-,19+;17-,18+;11-;7-;/m00001./s1. The summed E-state index contributed by atoms with van der Waals surface area (Å²) in [5.74, 6) is -6.96. The molecule has 6 amide bonds. The Balaban J connectivity index is 0.000000226. The number of aliphatic imine (C=N–C) groups is 1. The maximum atomic E-state index is 13.9. The number of aromatic nitrogens is 7. The normalized spacial score (nSPS) is 16.4. The first-order valence-corrected chi connectivity index (χ1v) is 50.7. The van der Waals surface area contributed by atoms with Crippen LogP contribution in [0.25, 0.3) is 11.4 Å². The van der Waals surface area contributed by atoms with E-state index < -0.39 is 106 Å². The van der Waals surface area contributed by atoms with Gasteiger partial charge in [0.15, 0.2) is 5.82 Å². The van der Waals surface area contributed by atoms with E-state index in [2.05, 4.69) is 61.0 Å². The van der Waals surface area contributed by atoms with Crippen LogP contribution < -0.4 is 33.2 Å². The number of aromatic amines is 1. The van der Waals surface area contributed by atoms with Gasteiger partial charge in [-0.15, -0.1) is 45.3 Å². The third kappa shape index (κ3) is 35.0. The highest BCUT2D eigenvalue weighted by atomic mass is 32.1. The third-order valence-electron chi connectivity index (χ3n) is 26.6. The molecule has 0 radical (unpaired) electrons. The molecule has 0 unspecified atom stereocenters. The number of nitrogens with zero attached hydrogens (tertiary/aromatic N) is 13. The molecule has 147 heavy (non-hydrogen) atoms. The predicted molar refractivity (Wildman–Crippen MR) is 544 cm³/mol. The van der Waals surface area contributed by atoms with Gasteiger partial charge >= 0.3 is 30.7 Å². The molecule has 0 aliphatic heterocycles. The van der Waals surface area contributed by atoms with Crippen molar-refractivity contribution >= 4 is 93.1 Å². The maximum Gasteiger partial charge on any atom is 0.395 e. The third-order valence-corrected chi connectivity index (χ3v) is 30.7. The van der Waals surface area contributed by atoms with Crippen molar-refractivity contribution in [1.82, 2.24) is 80.5 Å². The molecule has 4 aliphatic rings. The van der Waals surface area contributed by atoms with Gasteiger partial charge in [0, 0.05) is 188 Å². The lowest BCUT2D eigenvalue weighted by Gasteiger charge is -2.28. The number of rotatable bonds is 43. The van der Waals surface area contributed by atoms with Crippen molar-refractivity contribution < 1.29 is 101 Å². The Morgan fingerprint density at radius 2 is 0.694 bits per heavy atom. The van der Waals surface area contributed by atoms with Crippen LogP contribution in [0, 0.1) is 49.4 Å². The van der Waals surface area contributed by atoms with Crippen LogP contribution in [0.15, 0.2) is 133 Å². The summed E-state index contributed by atoms with van der Waals surface area (Å²) in [5.41, 5.74) is 15.2. The van der Waals surface area contributed by atoms with Gasteiger partial charge in [0.05, 0.1) is 54.4 Å². The van der Waals surface area contributed by atoms with Gasteiger partial charge in [-0.3, -0.25) is 43.6 Å². The molecule has 9 aromatic rings. The largest absolute Gasteiger partial charge is 0.481 e. The molecule has 4 aromatic carbocycles. The quantitative estimate of drug-likeness (QED) is 0.00761. The zero-order valence-corrected chi connectivity index (χ0v) is 89.1. The molecule has 0 saturated heterocycles. The van der Waals surface area contributed by atoms with Crippen molar-refractivity contribution in [3.8, 4) is 11.4 Å². The zero-order valence-electron chi connectivity index (χ0n) is 85.9. The molecule has 46 heteroatoms. The number of carbonyl (C=O) groups is 7. The zero-order chi connectivity index (χ0) is 109. The Labute approximate surface area is 865 Å². The summed E-state index contributed by atoms with van der Waals surface area (Å²) in [6.07, 6.45) is -6.98. The molecule has 5 aromatic heterocycles. The molecular formula is C101H136F12N20O10S4. The molecule has 4 saturated carbocycles. The molecule has 5 heterocycles. The number of aliphatic carboxylic acids is 1. The molecule has 13 rings (SSSR count). The number of primary amides is 2. The van der Waals surface area contributed by atoms with Crippen LogP contribution in [0.4, 0.5) is 52.7 Å². The minimum atomic E-state index is -4.38. The molecule has 808 valence electrons. The number of carboxylic acids is 1. The number of methoxy groups -OCH3 is 2. The summed E-state index contributed by atoms with van der Waals surface area (Å²) in [7, 11) is 25.9. The van der Waals surface area contributed by atoms with Crippen molar-refractivity contribution in [3.05, 3.63) is 207 Å². The van der Waals surface area contributed by atoms with Crippen molar-refractivity contribution in [2.75, 3.05) is 125 Å². The number of carboxylic acid groups (broad SMARTS) is 1. The van der Waals surface area contributed by atoms with Crippen molar-refractivity contribution in [3.63, 3.8) is 0 Å². The van der Waals surface area contributed by atoms with Gasteiger partial charge in [0.1, 0.15) is 6.33 Å². The molecule has 30 nitrogen and oxygen atoms in total. The summed E-state index contributed by atoms with van der Waals surface area (Å²) in [5, 5.41) is 25.5. The Kier molecular flexibility index (Phi) is 44.4. The van der Waals surface area contributed by atoms with Crippen molar-refractivity contribution in [2.45, 2.75) is 209 Å². The van der Waals surface area contributed by atoms with E-state index >= 15 is 0 Å². The number of benzene rings is 4. The van der Waals surface area contributed by atoms with E-state index in [0.717, 1.165) is 65.1 Å². The smallest absolute Gasteiger partial charge is 0.395 e. The Morgan fingerprint density at radius 3 is 0.898 bits per heavy atom. The minimum Gasteiger partial charge on any atom is -0.481 e. The van der Waals surface area contributed by atoms with Gasteiger partial charge in [-0.25, -0.2) is 24.9 Å². The summed E-state index contributed by atoms with van der Waals surface area (Å²) in [6, 6.07) is 29.4. The second-order valence-corrected chi connectivity index (χ2v) is 43.9. The van der Waals surface area contributed by atoms with E-state index in [1.54, 1.807) is 121 Å². The first-order valence-electron chi connectivity index (χ1n) is 47.5. The Hall–Kier alpha value is -10.7. The highest BCUT2D eigenvalue weighted by Crippen LogP contribution is 2.70. The minimum absolute atomic E-state index is 0.00687. The first kappa shape index (κ1) is 122. The van der Waals surface area contributed by atoms with Gasteiger partial charge in [0.25, 0.3) is 5.91 Å². The molecule has 0 bridgehead atoms. The van der Waals surface area contributed by atoms with E-state index in [9.17, 15) is 86.2 Å². The maximum absolute atomic E-state index is 13.9. The van der Waals surface area contributed by atoms with Crippen LogP contribution in [-0.4, -0.2) is 298 Å². The molecule has 4 fully saturated rings. The van der Waals surface area contributed by atoms with Gasteiger partial charge in [-0.2, -0.15) is 62.8 Å². The van der Waals surface area contributed by atoms with E-state index in [4.69, 9.17) is 31.8 Å². The topological polar surface area (TPSA) is 397 Å². The van der Waals surface area contributed by atoms with Gasteiger partial charge < -0.3 is 72.2 Å². The number of halogens is 12. The fraction of sp³-hybridized carbons (Fsp3) is 0.545. The van der Waals surface area contributed by atoms with Crippen molar-refractivity contribution in [1.29, 1.82) is 0 Å². The highest BCUT2D eigenvalue weighted by molar-refractivity contribution is 7.12. The fourth-order valence-electron chi connectivity index (χ4n) is 16.9. The first-order chi connectivity index (χ1) is 68.9. The second-order valence-electron chi connectivity index (χ2n) is 38.8. The van der Waals surface area contributed by atoms with Gasteiger partial charge in [0.2, 0.25) is 35.9 Å². The van der Waals surface area contributed by atoms with Crippen LogP contribution in [-0.2, 0) is 54.3 Å². The highest BCUT2D eigenvalue weighted by Gasteiger charge is 2.71. The van der Waals surface area contributed by atoms with E-state index in [1.165, 1.54) is 52.9 Å². The lowest BCUT2D eigenvalue weighted by atomic mass is 9.85. The SMILES string of the molecule is CN(C)[C@H](CN)Cc1ccc(C(N)=O)cc1.COC(OC)N(C)C.Cc1cnc([C@@H](CC(=O)NC[C@H](Cc2ccc(-c3ncn[nH]3)cc2)N(C)C)C2(C(F)(F)F)CC2)s1.Cc1cnc([C@@H](CC(=O)NC[C@H](Cc2ccc(C(=O)N=CN(C)C)cc2)N(C)C)C2(C(F)(F)F)CC2)s1.Cc1cnc([C@@H](CC(=O)NC[C@H](Cc2ccc(C(N)=O)cc2)N(C)C)C2(C(F)(F)F)CC2)s1.Cc1cnc([C@@H](CC(=O)O)C2(C(F)(F)F)CC2)s1. The number of thiazole rings is 4. The van der Waals surface area contributed by atoms with Crippen LogP contribution in [0.2, 0.25) is 0 Å². The Morgan fingerprint density at radius 1 is 0.422 bits per heavy atom. The predicted octanol–water partition coefficient (Wildman–Crippen LogP) is 16.0. The summed E-state index contributed by atoms with van der Waals surface area (Å²) in [4.78, 5) is 123. The second kappa shape index (κ2) is 53.7. The average molecular weight is 2150 g/mol. The van der Waals surface area contributed by atoms with Crippen LogP contribution in [0.1, 0.15) is 194 Å². The number of carbonyl (C=O) groups excluding carboxylic acids is 6. The number of H-pyrrole nitrogens is 1. The molecule has 0 spiro atoms. The fourth-order valence-corrected chi connectivity index (χ4v) is 20.8. The number of aryl methyl sites for hydroxylation is 4. The van der Waals surface area contributed by atoms with Crippen LogP contribution in [0.3, 0.4) is 0 Å². The molecule has 11 N–H and O–H groups in total. The average Bonchev–Trinajstić information content (AvgIpc) is 1.58. The number of hydrogen-bond donors (Lipinski definition) is 8. The summed E-state index contributed by atoms with van der Waals surface area (Å²) < 4.78 is 174. The van der Waals surface area contributed by atoms with Crippen LogP contribution in [0.5, 0.6) is 0 Å². The van der Waals surface area contributed by atoms with Gasteiger partial charge in [-0.1, -0.05) is 60.7 Å². The monoisotopic (exact) mass is 2140 g/mol. The number of amides is 6. The number of nitrogens with one attached hydrogen (secondary N) is 4. The number of nitrogens with two attached hydrogens (primary N) is 3. The Bertz CT molecular complexity index is 5700. The molecular weight excluding hydrogens is 2010 g/mol. The number of likely N-dealkylation sites (N-methyl/N-ethyl adjacent to an activating group) is 4. The summed E-state index contributed by atoms with van der Waals surface area (Å²) in [6.45, 7) is 8.66. The van der Waals surface area contributed by atoms with E-state index in [-0.39, 0.29) is 125 Å². The van der Waals surface area contributed by atoms with Crippen LogP contribution >= 0.6 is 45.3 Å². The lowest BCUT2D eigenvalue weighted by molar-refractivity contribution is -0.196. The number of alkyl halides is 12. The van der Waals surface area contributed by atoms with Crippen molar-refractivity contribution in [2.24, 2.45) is 43.9 Å². The number of ether oxygens (including phenoxy) is 2. The van der Waals surface area contributed by atoms with E-state index in [1.807, 2.05) is 146 Å².